The van der Waals surface area contributed by atoms with Crippen molar-refractivity contribution < 1.29 is 14.5 Å². The van der Waals surface area contributed by atoms with Crippen molar-refractivity contribution in [1.29, 1.82) is 0 Å². The summed E-state index contributed by atoms with van der Waals surface area (Å²) in [6.07, 6.45) is 4.61. The Bertz CT molecular complexity index is 817. The maximum Gasteiger partial charge on any atom is 0.324 e. The first-order chi connectivity index (χ1) is 13.5. The van der Waals surface area contributed by atoms with E-state index in [0.29, 0.717) is 11.7 Å². The number of ether oxygens (including phenoxy) is 1. The molecular weight excluding hydrogens is 372 g/mol. The molecule has 5 rings (SSSR count). The molecule has 1 N–H and O–H groups in total. The zero-order chi connectivity index (χ0) is 21.1. The SMILES string of the molecule is CN(C)c1ncccc1[C@@H]1N[C@H](C(=O)OC(C)(C)C)[C@@H](C23CC(C2)C3)[C@@H]1[N+](=O)[O-]. The Balaban J connectivity index is 1.75. The Labute approximate surface area is 171 Å². The molecule has 0 spiro atoms. The van der Waals surface area contributed by atoms with Crippen molar-refractivity contribution in [3.8, 4) is 0 Å². The smallest absolute Gasteiger partial charge is 0.324 e. The monoisotopic (exact) mass is 402 g/mol. The third kappa shape index (κ3) is 3.27. The number of nitro groups is 1. The zero-order valence-electron chi connectivity index (χ0n) is 17.7. The first-order valence-electron chi connectivity index (χ1n) is 10.3. The molecule has 158 valence electrons. The van der Waals surface area contributed by atoms with E-state index in [4.69, 9.17) is 4.74 Å². The summed E-state index contributed by atoms with van der Waals surface area (Å²) in [4.78, 5) is 31.5. The summed E-state index contributed by atoms with van der Waals surface area (Å²) in [5, 5.41) is 15.6. The number of hydrogen-bond donors (Lipinski definition) is 1. The van der Waals surface area contributed by atoms with Crippen LogP contribution in [-0.2, 0) is 9.53 Å². The van der Waals surface area contributed by atoms with Crippen LogP contribution in [0.5, 0.6) is 0 Å². The minimum Gasteiger partial charge on any atom is -0.459 e. The third-order valence-electron chi connectivity index (χ3n) is 6.70. The quantitative estimate of drug-likeness (QED) is 0.459. The van der Waals surface area contributed by atoms with Gasteiger partial charge in [0.15, 0.2) is 0 Å². The summed E-state index contributed by atoms with van der Waals surface area (Å²) in [5.74, 6) is 0.573. The number of carbonyl (C=O) groups is 1. The van der Waals surface area contributed by atoms with Crippen LogP contribution in [0.25, 0.3) is 0 Å². The van der Waals surface area contributed by atoms with Crippen molar-refractivity contribution in [1.82, 2.24) is 10.3 Å². The summed E-state index contributed by atoms with van der Waals surface area (Å²) < 4.78 is 5.67. The van der Waals surface area contributed by atoms with Gasteiger partial charge >= 0.3 is 5.97 Å². The highest BCUT2D eigenvalue weighted by atomic mass is 16.6. The molecular formula is C21H30N4O4. The summed E-state index contributed by atoms with van der Waals surface area (Å²) >= 11 is 0. The van der Waals surface area contributed by atoms with Gasteiger partial charge in [-0.05, 0) is 57.4 Å². The predicted molar refractivity (Wildman–Crippen MR) is 108 cm³/mol. The molecule has 1 aliphatic heterocycles. The molecule has 3 aliphatic carbocycles. The van der Waals surface area contributed by atoms with Crippen molar-refractivity contribution in [2.75, 3.05) is 19.0 Å². The van der Waals surface area contributed by atoms with E-state index in [1.807, 2.05) is 45.8 Å². The fourth-order valence-electron chi connectivity index (χ4n) is 5.60. The highest BCUT2D eigenvalue weighted by Gasteiger charge is 2.71. The van der Waals surface area contributed by atoms with Gasteiger partial charge in [-0.25, -0.2) is 4.98 Å². The summed E-state index contributed by atoms with van der Waals surface area (Å²) in [5.41, 5.74) is -0.0119. The van der Waals surface area contributed by atoms with Crippen LogP contribution < -0.4 is 10.2 Å². The Hall–Kier alpha value is -2.22. The van der Waals surface area contributed by atoms with Gasteiger partial charge in [-0.3, -0.25) is 20.2 Å². The fraction of sp³-hybridized carbons (Fsp3) is 0.714. The van der Waals surface area contributed by atoms with Crippen molar-refractivity contribution in [2.45, 2.75) is 63.8 Å². The van der Waals surface area contributed by atoms with Crippen molar-refractivity contribution in [3.63, 3.8) is 0 Å². The van der Waals surface area contributed by atoms with Gasteiger partial charge in [0.1, 0.15) is 23.5 Å². The van der Waals surface area contributed by atoms with Crippen LogP contribution in [0.1, 0.15) is 51.6 Å². The Kier molecular flexibility index (Phi) is 4.60. The van der Waals surface area contributed by atoms with E-state index in [-0.39, 0.29) is 16.3 Å². The first kappa shape index (κ1) is 20.1. The summed E-state index contributed by atoms with van der Waals surface area (Å²) in [7, 11) is 3.73. The lowest BCUT2D eigenvalue weighted by atomic mass is 9.39. The second kappa shape index (κ2) is 6.65. The minimum atomic E-state index is -0.892. The lowest BCUT2D eigenvalue weighted by Gasteiger charge is -2.65. The fourth-order valence-corrected chi connectivity index (χ4v) is 5.60. The molecule has 4 aliphatic rings. The van der Waals surface area contributed by atoms with E-state index in [1.54, 1.807) is 12.3 Å². The zero-order valence-corrected chi connectivity index (χ0v) is 17.7. The molecule has 0 amide bonds. The summed E-state index contributed by atoms with van der Waals surface area (Å²) in [6.45, 7) is 5.47. The van der Waals surface area contributed by atoms with Crippen LogP contribution in [0.4, 0.5) is 5.82 Å². The first-order valence-corrected chi connectivity index (χ1v) is 10.3. The van der Waals surface area contributed by atoms with E-state index >= 15 is 0 Å². The normalized spacial score (nSPS) is 35.4. The van der Waals surface area contributed by atoms with E-state index < -0.39 is 29.7 Å². The molecule has 1 aromatic rings. The van der Waals surface area contributed by atoms with Gasteiger partial charge in [0.05, 0.1) is 5.92 Å². The van der Waals surface area contributed by atoms with Gasteiger partial charge in [-0.2, -0.15) is 0 Å². The van der Waals surface area contributed by atoms with E-state index in [9.17, 15) is 14.9 Å². The topological polar surface area (TPSA) is 97.6 Å². The van der Waals surface area contributed by atoms with Crippen molar-refractivity contribution in [3.05, 3.63) is 34.0 Å². The molecule has 8 nitrogen and oxygen atoms in total. The van der Waals surface area contributed by atoms with Crippen LogP contribution in [0.2, 0.25) is 0 Å². The highest BCUT2D eigenvalue weighted by molar-refractivity contribution is 5.78. The molecule has 8 heteroatoms. The molecule has 2 bridgehead atoms. The Morgan fingerprint density at radius 2 is 2.00 bits per heavy atom. The van der Waals surface area contributed by atoms with Crippen molar-refractivity contribution >= 4 is 11.8 Å². The number of carbonyl (C=O) groups excluding carboxylic acids is 1. The molecule has 0 radical (unpaired) electrons. The standard InChI is InChI=1S/C21H30N4O4/c1-20(2,3)29-19(26)16-14(21-9-12(10-21)11-21)17(25(27)28)15(23-16)13-7-6-8-22-18(13)24(4)5/h6-8,12,14-17,23H,9-11H2,1-5H3/t12?,14-,15+,16+,17+,21?/m1/s1. The van der Waals surface area contributed by atoms with Gasteiger partial charge in [-0.1, -0.05) is 6.07 Å². The lowest BCUT2D eigenvalue weighted by molar-refractivity contribution is -0.540. The Morgan fingerprint density at radius 1 is 1.34 bits per heavy atom. The number of nitrogens with one attached hydrogen (secondary N) is 1. The maximum atomic E-state index is 13.1. The van der Waals surface area contributed by atoms with Crippen LogP contribution in [0.3, 0.4) is 0 Å². The number of pyridine rings is 1. The molecule has 3 saturated carbocycles. The van der Waals surface area contributed by atoms with E-state index in [0.717, 1.165) is 24.8 Å². The number of anilines is 1. The van der Waals surface area contributed by atoms with Crippen LogP contribution in [-0.4, -0.2) is 47.7 Å². The molecule has 1 saturated heterocycles. The average Bonchev–Trinajstić information content (AvgIpc) is 2.91. The molecule has 0 aromatic carbocycles. The van der Waals surface area contributed by atoms with Crippen LogP contribution in [0.15, 0.2) is 18.3 Å². The van der Waals surface area contributed by atoms with Crippen LogP contribution in [0, 0.1) is 27.4 Å². The number of aromatic nitrogens is 1. The molecule has 29 heavy (non-hydrogen) atoms. The number of hydrogen-bond acceptors (Lipinski definition) is 7. The minimum absolute atomic E-state index is 0.119. The highest BCUT2D eigenvalue weighted by Crippen LogP contribution is 2.71. The second-order valence-corrected chi connectivity index (χ2v) is 10.1. The van der Waals surface area contributed by atoms with Crippen molar-refractivity contribution in [2.24, 2.45) is 17.3 Å². The maximum absolute atomic E-state index is 13.1. The number of rotatable bonds is 5. The van der Waals surface area contributed by atoms with Gasteiger partial charge < -0.3 is 9.64 Å². The van der Waals surface area contributed by atoms with Gasteiger partial charge in [0.25, 0.3) is 0 Å². The van der Waals surface area contributed by atoms with Gasteiger partial charge in [0.2, 0.25) is 6.04 Å². The van der Waals surface area contributed by atoms with Gasteiger partial charge in [-0.15, -0.1) is 0 Å². The average molecular weight is 402 g/mol. The molecule has 4 fully saturated rings. The lowest BCUT2D eigenvalue weighted by Crippen LogP contribution is -2.62. The molecule has 2 heterocycles. The molecule has 0 unspecified atom stereocenters. The largest absolute Gasteiger partial charge is 0.459 e. The van der Waals surface area contributed by atoms with Gasteiger partial charge in [0, 0.05) is 30.8 Å². The van der Waals surface area contributed by atoms with E-state index in [1.165, 1.54) is 0 Å². The summed E-state index contributed by atoms with van der Waals surface area (Å²) in [6, 6.07) is 1.49. The number of nitrogens with zero attached hydrogens (tertiary/aromatic N) is 3. The number of esters is 1. The Morgan fingerprint density at radius 3 is 2.48 bits per heavy atom. The third-order valence-corrected chi connectivity index (χ3v) is 6.70. The van der Waals surface area contributed by atoms with E-state index in [2.05, 4.69) is 10.3 Å². The molecule has 4 atom stereocenters. The predicted octanol–water partition coefficient (Wildman–Crippen LogP) is 2.56. The van der Waals surface area contributed by atoms with Crippen LogP contribution >= 0.6 is 0 Å². The molecule has 1 aromatic heterocycles. The second-order valence-electron chi connectivity index (χ2n) is 10.1.